The number of benzene rings is 1. The monoisotopic (exact) mass is 370 g/mol. The smallest absolute Gasteiger partial charge is 0.246 e. The summed E-state index contributed by atoms with van der Waals surface area (Å²) in [5.74, 6) is -0.0439. The molecule has 7 heteroatoms. The largest absolute Gasteiger partial charge is 0.325 e. The van der Waals surface area contributed by atoms with Gasteiger partial charge in [-0.15, -0.1) is 11.3 Å². The Morgan fingerprint density at radius 1 is 1.27 bits per heavy atom. The van der Waals surface area contributed by atoms with E-state index >= 15 is 0 Å². The van der Waals surface area contributed by atoms with Crippen LogP contribution in [0.2, 0.25) is 0 Å². The molecule has 2 fully saturated rings. The number of aromatic nitrogens is 1. The highest BCUT2D eigenvalue weighted by Gasteiger charge is 2.50. The topological polar surface area (TPSA) is 56.8 Å². The number of nitrogens with zero attached hydrogens (tertiary/aromatic N) is 4. The van der Waals surface area contributed by atoms with Crippen molar-refractivity contribution in [3.05, 3.63) is 46.9 Å². The zero-order valence-electron chi connectivity index (χ0n) is 14.8. The van der Waals surface area contributed by atoms with Crippen LogP contribution in [0, 0.1) is 0 Å². The number of para-hydroxylation sites is 1. The molecule has 6 nitrogen and oxygen atoms in total. The summed E-state index contributed by atoms with van der Waals surface area (Å²) < 4.78 is 0. The molecule has 3 heterocycles. The van der Waals surface area contributed by atoms with Crippen LogP contribution in [0.4, 0.5) is 5.69 Å². The minimum Gasteiger partial charge on any atom is -0.325 e. The van der Waals surface area contributed by atoms with Gasteiger partial charge in [-0.2, -0.15) is 0 Å². The van der Waals surface area contributed by atoms with Gasteiger partial charge in [0.2, 0.25) is 11.8 Å². The van der Waals surface area contributed by atoms with Crippen molar-refractivity contribution in [2.24, 2.45) is 0 Å². The third kappa shape index (κ3) is 3.12. The van der Waals surface area contributed by atoms with E-state index in [-0.39, 0.29) is 23.9 Å². The summed E-state index contributed by atoms with van der Waals surface area (Å²) in [5, 5.41) is 3.07. The second kappa shape index (κ2) is 6.81. The Morgan fingerprint density at radius 2 is 2.08 bits per heavy atom. The molecule has 2 amide bonds. The Hall–Kier alpha value is -2.25. The molecule has 2 aliphatic heterocycles. The molecule has 2 aromatic rings. The predicted molar refractivity (Wildman–Crippen MR) is 101 cm³/mol. The third-order valence-electron chi connectivity index (χ3n) is 5.32. The minimum absolute atomic E-state index is 0.0181. The number of hydrogen-bond donors (Lipinski definition) is 0. The number of carbonyl (C=O) groups excluding carboxylic acids is 2. The quantitative estimate of drug-likeness (QED) is 0.829. The van der Waals surface area contributed by atoms with Gasteiger partial charge in [-0.1, -0.05) is 18.2 Å². The van der Waals surface area contributed by atoms with Crippen LogP contribution in [-0.2, 0) is 16.1 Å². The van der Waals surface area contributed by atoms with Crippen LogP contribution in [0.15, 0.2) is 41.9 Å². The van der Waals surface area contributed by atoms with Crippen molar-refractivity contribution < 1.29 is 9.59 Å². The second-order valence-corrected chi connectivity index (χ2v) is 8.01. The van der Waals surface area contributed by atoms with Crippen molar-refractivity contribution in [2.45, 2.75) is 25.4 Å². The molecule has 0 radical (unpaired) electrons. The molecule has 2 saturated heterocycles. The highest BCUT2D eigenvalue weighted by atomic mass is 32.1. The first-order valence-corrected chi connectivity index (χ1v) is 9.70. The van der Waals surface area contributed by atoms with Gasteiger partial charge in [-0.3, -0.25) is 14.5 Å². The van der Waals surface area contributed by atoms with Crippen molar-refractivity contribution in [3.63, 3.8) is 0 Å². The number of anilines is 1. The average molecular weight is 370 g/mol. The Balaban J connectivity index is 1.59. The van der Waals surface area contributed by atoms with Gasteiger partial charge >= 0.3 is 0 Å². The second-order valence-electron chi connectivity index (χ2n) is 7.03. The van der Waals surface area contributed by atoms with Crippen LogP contribution in [0.25, 0.3) is 0 Å². The average Bonchev–Trinajstić information content (AvgIpc) is 3.28. The van der Waals surface area contributed by atoms with Crippen molar-refractivity contribution in [1.82, 2.24) is 14.8 Å². The van der Waals surface area contributed by atoms with Gasteiger partial charge in [0, 0.05) is 37.3 Å². The fourth-order valence-electron chi connectivity index (χ4n) is 4.09. The number of amides is 2. The zero-order valence-corrected chi connectivity index (χ0v) is 15.6. The van der Waals surface area contributed by atoms with E-state index in [1.807, 2.05) is 46.8 Å². The number of thiazole rings is 1. The molecule has 0 bridgehead atoms. The lowest BCUT2D eigenvalue weighted by Crippen LogP contribution is -2.66. The zero-order chi connectivity index (χ0) is 18.1. The Labute approximate surface area is 157 Å². The van der Waals surface area contributed by atoms with Crippen molar-refractivity contribution in [3.8, 4) is 0 Å². The molecular weight excluding hydrogens is 348 g/mol. The first-order chi connectivity index (χ1) is 12.6. The lowest BCUT2D eigenvalue weighted by atomic mass is 9.91. The molecule has 136 valence electrons. The molecule has 2 aliphatic rings. The van der Waals surface area contributed by atoms with E-state index in [4.69, 9.17) is 0 Å². The Kier molecular flexibility index (Phi) is 4.50. The van der Waals surface area contributed by atoms with Gasteiger partial charge in [-0.25, -0.2) is 4.98 Å². The number of hydrogen-bond acceptors (Lipinski definition) is 5. The molecule has 1 atom stereocenters. The van der Waals surface area contributed by atoms with E-state index in [2.05, 4.69) is 9.88 Å². The first kappa shape index (κ1) is 17.2. The molecule has 1 spiro atoms. The van der Waals surface area contributed by atoms with Gasteiger partial charge < -0.3 is 9.80 Å². The van der Waals surface area contributed by atoms with E-state index in [0.29, 0.717) is 6.54 Å². The fourth-order valence-corrected chi connectivity index (χ4v) is 4.75. The third-order valence-corrected chi connectivity index (χ3v) is 6.09. The summed E-state index contributed by atoms with van der Waals surface area (Å²) in [5.41, 5.74) is 0.575. The standard InChI is InChI=1S/C19H22N4O2S/c1-15(24)23-12-18(25)22(16-5-3-2-4-6-16)14-19(23)7-9-21(13-19)11-17-20-8-10-26-17/h2-6,8,10H,7,9,11-14H2,1H3/t19-/m0/s1. The van der Waals surface area contributed by atoms with Gasteiger partial charge in [0.15, 0.2) is 0 Å². The van der Waals surface area contributed by atoms with E-state index in [9.17, 15) is 9.59 Å². The molecule has 1 aromatic heterocycles. The molecular formula is C19H22N4O2S. The van der Waals surface area contributed by atoms with Crippen LogP contribution in [0.5, 0.6) is 0 Å². The summed E-state index contributed by atoms with van der Waals surface area (Å²) in [6.45, 7) is 4.73. The highest BCUT2D eigenvalue weighted by Crippen LogP contribution is 2.35. The van der Waals surface area contributed by atoms with E-state index in [0.717, 1.165) is 36.8 Å². The molecule has 26 heavy (non-hydrogen) atoms. The van der Waals surface area contributed by atoms with Crippen LogP contribution >= 0.6 is 11.3 Å². The summed E-state index contributed by atoms with van der Waals surface area (Å²) in [6.07, 6.45) is 2.69. The van der Waals surface area contributed by atoms with Gasteiger partial charge in [-0.05, 0) is 18.6 Å². The summed E-state index contributed by atoms with van der Waals surface area (Å²) >= 11 is 1.65. The van der Waals surface area contributed by atoms with Crippen LogP contribution < -0.4 is 4.90 Å². The SMILES string of the molecule is CC(=O)N1CC(=O)N(c2ccccc2)C[C@@]12CCN(Cc1nccs1)C2. The molecule has 0 unspecified atom stereocenters. The van der Waals surface area contributed by atoms with E-state index in [1.54, 1.807) is 23.2 Å². The number of piperazine rings is 1. The van der Waals surface area contributed by atoms with Crippen LogP contribution in [0.1, 0.15) is 18.4 Å². The molecule has 0 N–H and O–H groups in total. The van der Waals surface area contributed by atoms with Crippen LogP contribution in [-0.4, -0.2) is 58.3 Å². The highest BCUT2D eigenvalue weighted by molar-refractivity contribution is 7.09. The fraction of sp³-hybridized carbons (Fsp3) is 0.421. The number of carbonyl (C=O) groups is 2. The maximum absolute atomic E-state index is 12.7. The van der Waals surface area contributed by atoms with Crippen LogP contribution in [0.3, 0.4) is 0 Å². The molecule has 0 aliphatic carbocycles. The normalized spacial score (nSPS) is 23.8. The first-order valence-electron chi connectivity index (χ1n) is 8.82. The van der Waals surface area contributed by atoms with Crippen molar-refractivity contribution in [2.75, 3.05) is 31.1 Å². The lowest BCUT2D eigenvalue weighted by Gasteiger charge is -2.48. The maximum atomic E-state index is 12.7. The van der Waals surface area contributed by atoms with Gasteiger partial charge in [0.25, 0.3) is 0 Å². The maximum Gasteiger partial charge on any atom is 0.246 e. The van der Waals surface area contributed by atoms with Gasteiger partial charge in [0.1, 0.15) is 11.6 Å². The summed E-state index contributed by atoms with van der Waals surface area (Å²) in [6, 6.07) is 9.74. The van der Waals surface area contributed by atoms with Crippen molar-refractivity contribution in [1.29, 1.82) is 0 Å². The summed E-state index contributed by atoms with van der Waals surface area (Å²) in [7, 11) is 0. The lowest BCUT2D eigenvalue weighted by molar-refractivity contribution is -0.142. The molecule has 4 rings (SSSR count). The van der Waals surface area contributed by atoms with E-state index < -0.39 is 0 Å². The minimum atomic E-state index is -0.327. The molecule has 0 saturated carbocycles. The molecule has 1 aromatic carbocycles. The summed E-state index contributed by atoms with van der Waals surface area (Å²) in [4.78, 5) is 35.3. The number of likely N-dealkylation sites (tertiary alicyclic amines) is 1. The van der Waals surface area contributed by atoms with Crippen molar-refractivity contribution >= 4 is 28.8 Å². The van der Waals surface area contributed by atoms with Gasteiger partial charge in [0.05, 0.1) is 18.6 Å². The predicted octanol–water partition coefficient (Wildman–Crippen LogP) is 1.98. The van der Waals surface area contributed by atoms with E-state index in [1.165, 1.54) is 0 Å². The number of rotatable bonds is 3. The Bertz CT molecular complexity index is 795. The Morgan fingerprint density at radius 3 is 2.77 bits per heavy atom.